The number of halogens is 2. The van der Waals surface area contributed by atoms with Gasteiger partial charge in [0, 0.05) is 20.4 Å². The second kappa shape index (κ2) is 3.03. The molecule has 0 spiro atoms. The number of H-pyrrole nitrogens is 1. The van der Waals surface area contributed by atoms with Crippen LogP contribution in [0.2, 0.25) is 0 Å². The van der Waals surface area contributed by atoms with Crippen LogP contribution in [-0.4, -0.2) is 10.1 Å². The summed E-state index contributed by atoms with van der Waals surface area (Å²) >= 11 is 6.87. The lowest BCUT2D eigenvalue weighted by atomic mass is 10.1. The molecule has 1 aromatic carbocycles. The third kappa shape index (κ3) is 1.38. The second-order valence-electron chi connectivity index (χ2n) is 2.91. The predicted octanol–water partition coefficient (Wildman–Crippen LogP) is 3.71. The molecule has 0 aliphatic heterocycles. The van der Waals surface area contributed by atoms with E-state index in [-0.39, 0.29) is 5.88 Å². The second-order valence-corrected chi connectivity index (χ2v) is 4.62. The lowest BCUT2D eigenvalue weighted by Gasteiger charge is -2.01. The predicted molar refractivity (Wildman–Crippen MR) is 60.1 cm³/mol. The van der Waals surface area contributed by atoms with Gasteiger partial charge >= 0.3 is 0 Å². The van der Waals surface area contributed by atoms with Crippen LogP contribution < -0.4 is 0 Å². The van der Waals surface area contributed by atoms with E-state index in [9.17, 15) is 5.11 Å². The third-order valence-electron chi connectivity index (χ3n) is 2.06. The van der Waals surface area contributed by atoms with E-state index in [0.717, 1.165) is 25.4 Å². The number of benzene rings is 1. The van der Waals surface area contributed by atoms with Gasteiger partial charge in [0.25, 0.3) is 0 Å². The quantitative estimate of drug-likeness (QED) is 0.765. The van der Waals surface area contributed by atoms with E-state index in [1.54, 1.807) is 6.07 Å². The molecule has 1 heterocycles. The van der Waals surface area contributed by atoms with Crippen molar-refractivity contribution in [2.75, 3.05) is 0 Å². The highest BCUT2D eigenvalue weighted by molar-refractivity contribution is 9.11. The van der Waals surface area contributed by atoms with Crippen LogP contribution >= 0.6 is 31.9 Å². The van der Waals surface area contributed by atoms with Gasteiger partial charge in [0.1, 0.15) is 0 Å². The average molecular weight is 305 g/mol. The van der Waals surface area contributed by atoms with E-state index in [2.05, 4.69) is 36.8 Å². The van der Waals surface area contributed by atoms with Gasteiger partial charge in [0.05, 0.1) is 5.52 Å². The molecule has 4 heteroatoms. The molecule has 2 rings (SSSR count). The van der Waals surface area contributed by atoms with Crippen molar-refractivity contribution in [3.63, 3.8) is 0 Å². The molecule has 0 radical (unpaired) electrons. The van der Waals surface area contributed by atoms with Crippen molar-refractivity contribution in [2.45, 2.75) is 6.92 Å². The Morgan fingerprint density at radius 1 is 1.23 bits per heavy atom. The van der Waals surface area contributed by atoms with Crippen molar-refractivity contribution in [3.8, 4) is 5.88 Å². The first-order chi connectivity index (χ1) is 6.09. The van der Waals surface area contributed by atoms with E-state index in [4.69, 9.17) is 0 Å². The van der Waals surface area contributed by atoms with E-state index in [1.807, 2.05) is 13.0 Å². The maximum Gasteiger partial charge on any atom is 0.189 e. The SMILES string of the molecule is Cc1c(Br)cc(Br)c2[nH]c(O)cc12. The van der Waals surface area contributed by atoms with Crippen molar-refractivity contribution in [2.24, 2.45) is 0 Å². The van der Waals surface area contributed by atoms with Crippen LogP contribution in [0.4, 0.5) is 0 Å². The first kappa shape index (κ1) is 9.09. The zero-order valence-electron chi connectivity index (χ0n) is 6.86. The van der Waals surface area contributed by atoms with Gasteiger partial charge < -0.3 is 10.1 Å². The van der Waals surface area contributed by atoms with E-state index in [1.165, 1.54) is 0 Å². The smallest absolute Gasteiger partial charge is 0.189 e. The van der Waals surface area contributed by atoms with Gasteiger partial charge in [-0.25, -0.2) is 0 Å². The molecule has 0 aliphatic rings. The van der Waals surface area contributed by atoms with Crippen LogP contribution in [0.3, 0.4) is 0 Å². The van der Waals surface area contributed by atoms with Crippen LogP contribution in [0.1, 0.15) is 5.56 Å². The van der Waals surface area contributed by atoms with E-state index < -0.39 is 0 Å². The van der Waals surface area contributed by atoms with Gasteiger partial charge in [-0.15, -0.1) is 0 Å². The lowest BCUT2D eigenvalue weighted by molar-refractivity contribution is 0.458. The maximum atomic E-state index is 9.30. The van der Waals surface area contributed by atoms with Gasteiger partial charge in [0.2, 0.25) is 0 Å². The highest BCUT2D eigenvalue weighted by atomic mass is 79.9. The van der Waals surface area contributed by atoms with E-state index >= 15 is 0 Å². The molecule has 0 saturated heterocycles. The Bertz CT molecular complexity index is 476. The number of rotatable bonds is 0. The monoisotopic (exact) mass is 303 g/mol. The maximum absolute atomic E-state index is 9.30. The number of aromatic hydroxyl groups is 1. The first-order valence-electron chi connectivity index (χ1n) is 3.76. The molecule has 0 amide bonds. The summed E-state index contributed by atoms with van der Waals surface area (Å²) in [6.45, 7) is 2.01. The van der Waals surface area contributed by atoms with Crippen molar-refractivity contribution < 1.29 is 5.11 Å². The van der Waals surface area contributed by atoms with Crippen molar-refractivity contribution in [1.82, 2.24) is 4.98 Å². The Labute approximate surface area is 92.2 Å². The minimum absolute atomic E-state index is 0.192. The summed E-state index contributed by atoms with van der Waals surface area (Å²) in [6.07, 6.45) is 0. The molecule has 0 aliphatic carbocycles. The molecule has 68 valence electrons. The fourth-order valence-corrected chi connectivity index (χ4v) is 2.64. The van der Waals surface area contributed by atoms with Crippen LogP contribution in [0.5, 0.6) is 5.88 Å². The Morgan fingerprint density at radius 3 is 2.62 bits per heavy atom. The highest BCUT2D eigenvalue weighted by Gasteiger charge is 2.08. The molecule has 0 saturated carbocycles. The summed E-state index contributed by atoms with van der Waals surface area (Å²) in [6, 6.07) is 3.69. The molecular formula is C9H7Br2NO. The standard InChI is InChI=1S/C9H7Br2NO/c1-4-5-2-8(13)12-9(5)7(11)3-6(4)10/h2-3,12-13H,1H3. The Morgan fingerprint density at radius 2 is 1.92 bits per heavy atom. The van der Waals surface area contributed by atoms with Crippen LogP contribution in [0.15, 0.2) is 21.1 Å². The normalized spacial score (nSPS) is 11.0. The zero-order chi connectivity index (χ0) is 9.59. The molecule has 0 atom stereocenters. The molecule has 13 heavy (non-hydrogen) atoms. The number of hydrogen-bond donors (Lipinski definition) is 2. The number of hydrogen-bond acceptors (Lipinski definition) is 1. The number of nitrogens with one attached hydrogen (secondary N) is 1. The fraction of sp³-hybridized carbons (Fsp3) is 0.111. The summed E-state index contributed by atoms with van der Waals surface area (Å²) in [5.74, 6) is 0.192. The van der Waals surface area contributed by atoms with Crippen LogP contribution in [0, 0.1) is 6.92 Å². The topological polar surface area (TPSA) is 36.0 Å². The number of aromatic nitrogens is 1. The van der Waals surface area contributed by atoms with Gasteiger partial charge in [-0.1, -0.05) is 15.9 Å². The highest BCUT2D eigenvalue weighted by Crippen LogP contribution is 2.33. The summed E-state index contributed by atoms with van der Waals surface area (Å²) in [5.41, 5.74) is 2.05. The summed E-state index contributed by atoms with van der Waals surface area (Å²) < 4.78 is 1.98. The Kier molecular flexibility index (Phi) is 2.12. The molecule has 2 nitrogen and oxygen atoms in total. The first-order valence-corrected chi connectivity index (χ1v) is 5.34. The lowest BCUT2D eigenvalue weighted by Crippen LogP contribution is -1.79. The minimum Gasteiger partial charge on any atom is -0.495 e. The van der Waals surface area contributed by atoms with Gasteiger partial charge in [-0.05, 0) is 34.5 Å². The molecule has 0 unspecified atom stereocenters. The Balaban J connectivity index is 2.95. The molecule has 2 N–H and O–H groups in total. The number of aromatic amines is 1. The summed E-state index contributed by atoms with van der Waals surface area (Å²) in [7, 11) is 0. The minimum atomic E-state index is 0.192. The average Bonchev–Trinajstić information content (AvgIpc) is 2.44. The van der Waals surface area contributed by atoms with Gasteiger partial charge in [0.15, 0.2) is 5.88 Å². The summed E-state index contributed by atoms with van der Waals surface area (Å²) in [5, 5.41) is 10.3. The van der Waals surface area contributed by atoms with Gasteiger partial charge in [-0.3, -0.25) is 0 Å². The largest absolute Gasteiger partial charge is 0.495 e. The molecule has 0 bridgehead atoms. The molecule has 0 fully saturated rings. The number of aryl methyl sites for hydroxylation is 1. The molecule has 1 aromatic heterocycles. The Hall–Kier alpha value is -0.480. The van der Waals surface area contributed by atoms with Crippen LogP contribution in [-0.2, 0) is 0 Å². The zero-order valence-corrected chi connectivity index (χ0v) is 10.0. The third-order valence-corrected chi connectivity index (χ3v) is 3.51. The molecule has 2 aromatic rings. The van der Waals surface area contributed by atoms with Crippen LogP contribution in [0.25, 0.3) is 10.9 Å². The molecular weight excluding hydrogens is 298 g/mol. The van der Waals surface area contributed by atoms with Crippen molar-refractivity contribution in [3.05, 3.63) is 26.6 Å². The van der Waals surface area contributed by atoms with Crippen molar-refractivity contribution in [1.29, 1.82) is 0 Å². The fourth-order valence-electron chi connectivity index (χ4n) is 1.34. The van der Waals surface area contributed by atoms with Crippen molar-refractivity contribution >= 4 is 42.8 Å². The number of fused-ring (bicyclic) bond motifs is 1. The summed E-state index contributed by atoms with van der Waals surface area (Å²) in [4.78, 5) is 2.88. The van der Waals surface area contributed by atoms with E-state index in [0.29, 0.717) is 0 Å². The van der Waals surface area contributed by atoms with Gasteiger partial charge in [-0.2, -0.15) is 0 Å².